The lowest BCUT2D eigenvalue weighted by molar-refractivity contribution is 0.0705. The molecular formula is C23H22N2O4. The van der Waals surface area contributed by atoms with Gasteiger partial charge in [0.15, 0.2) is 5.78 Å². The maximum absolute atomic E-state index is 12.8. The van der Waals surface area contributed by atoms with Gasteiger partial charge in [-0.1, -0.05) is 61.5 Å². The molecule has 0 saturated carbocycles. The molecule has 6 nitrogen and oxygen atoms in total. The zero-order valence-electron chi connectivity index (χ0n) is 16.3. The van der Waals surface area contributed by atoms with E-state index in [1.807, 2.05) is 61.5 Å². The van der Waals surface area contributed by atoms with E-state index in [9.17, 15) is 9.59 Å². The SMILES string of the molecule is COc1ncc(C(=O)NO)cc1[C@H](C)CC(=O)c1ccc(-c2ccccc2)cc1. The average molecular weight is 390 g/mol. The molecule has 0 bridgehead atoms. The molecule has 0 unspecified atom stereocenters. The average Bonchev–Trinajstić information content (AvgIpc) is 2.78. The van der Waals surface area contributed by atoms with Crippen molar-refractivity contribution < 1.29 is 19.5 Å². The molecule has 2 aromatic carbocycles. The van der Waals surface area contributed by atoms with E-state index in [0.29, 0.717) is 17.0 Å². The van der Waals surface area contributed by atoms with Gasteiger partial charge >= 0.3 is 0 Å². The number of Topliss-reactive ketones (excluding diaryl/α,β-unsaturated/α-hetero) is 1. The Morgan fingerprint density at radius 3 is 2.31 bits per heavy atom. The van der Waals surface area contributed by atoms with Crippen LogP contribution in [0.15, 0.2) is 66.9 Å². The third-order valence-electron chi connectivity index (χ3n) is 4.77. The number of nitrogens with one attached hydrogen (secondary N) is 1. The number of benzene rings is 2. The number of methoxy groups -OCH3 is 1. The van der Waals surface area contributed by atoms with Crippen LogP contribution in [0.2, 0.25) is 0 Å². The first kappa shape index (κ1) is 20.2. The fourth-order valence-electron chi connectivity index (χ4n) is 3.17. The van der Waals surface area contributed by atoms with Crippen LogP contribution in [0, 0.1) is 0 Å². The van der Waals surface area contributed by atoms with Gasteiger partial charge in [0, 0.05) is 23.7 Å². The first-order valence-corrected chi connectivity index (χ1v) is 9.20. The Morgan fingerprint density at radius 2 is 1.69 bits per heavy atom. The predicted octanol–water partition coefficient (Wildman–Crippen LogP) is 4.25. The van der Waals surface area contributed by atoms with Crippen molar-refractivity contribution in [2.75, 3.05) is 7.11 Å². The monoisotopic (exact) mass is 390 g/mol. The van der Waals surface area contributed by atoms with Crippen LogP contribution in [-0.4, -0.2) is 29.0 Å². The molecule has 0 aliphatic rings. The van der Waals surface area contributed by atoms with Gasteiger partial charge in [-0.05, 0) is 23.1 Å². The number of ketones is 1. The van der Waals surface area contributed by atoms with Gasteiger partial charge in [0.2, 0.25) is 5.88 Å². The summed E-state index contributed by atoms with van der Waals surface area (Å²) in [6, 6.07) is 19.0. The molecule has 0 aliphatic carbocycles. The minimum atomic E-state index is -0.670. The molecule has 1 amide bonds. The van der Waals surface area contributed by atoms with Crippen LogP contribution < -0.4 is 10.2 Å². The molecular weight excluding hydrogens is 368 g/mol. The molecule has 1 aromatic heterocycles. The molecule has 0 spiro atoms. The number of rotatable bonds is 7. The number of carbonyl (C=O) groups excluding carboxylic acids is 2. The summed E-state index contributed by atoms with van der Waals surface area (Å²) in [6.45, 7) is 1.87. The summed E-state index contributed by atoms with van der Waals surface area (Å²) in [6.07, 6.45) is 1.54. The molecule has 148 valence electrons. The van der Waals surface area contributed by atoms with Crippen LogP contribution >= 0.6 is 0 Å². The van der Waals surface area contributed by atoms with Gasteiger partial charge in [-0.3, -0.25) is 14.8 Å². The Kier molecular flexibility index (Phi) is 6.36. The van der Waals surface area contributed by atoms with E-state index >= 15 is 0 Å². The van der Waals surface area contributed by atoms with Crippen molar-refractivity contribution >= 4 is 11.7 Å². The fourth-order valence-corrected chi connectivity index (χ4v) is 3.17. The van der Waals surface area contributed by atoms with Crippen LogP contribution in [0.25, 0.3) is 11.1 Å². The summed E-state index contributed by atoms with van der Waals surface area (Å²) in [4.78, 5) is 28.5. The summed E-state index contributed by atoms with van der Waals surface area (Å²) in [5.74, 6) is -0.572. The minimum absolute atomic E-state index is 0.0174. The maximum atomic E-state index is 12.8. The molecule has 0 aliphatic heterocycles. The molecule has 0 radical (unpaired) electrons. The highest BCUT2D eigenvalue weighted by Gasteiger charge is 2.19. The molecule has 3 aromatic rings. The standard InChI is InChI=1S/C23H22N2O4/c1-15(20-13-19(22(27)25-28)14-24-23(20)29-2)12-21(26)18-10-8-17(9-11-18)16-6-4-3-5-7-16/h3-11,13-15,28H,12H2,1-2H3,(H,25,27)/t15-/m1/s1. The normalized spacial score (nSPS) is 11.6. The van der Waals surface area contributed by atoms with Gasteiger partial charge in [-0.25, -0.2) is 10.5 Å². The largest absolute Gasteiger partial charge is 0.481 e. The van der Waals surface area contributed by atoms with Crippen molar-refractivity contribution in [2.24, 2.45) is 0 Å². The highest BCUT2D eigenvalue weighted by molar-refractivity contribution is 5.97. The molecule has 0 fully saturated rings. The van der Waals surface area contributed by atoms with Gasteiger partial charge in [-0.2, -0.15) is 0 Å². The number of nitrogens with zero attached hydrogens (tertiary/aromatic N) is 1. The first-order chi connectivity index (χ1) is 14.0. The van der Waals surface area contributed by atoms with E-state index in [0.717, 1.165) is 11.1 Å². The fraction of sp³-hybridized carbons (Fsp3) is 0.174. The lowest BCUT2D eigenvalue weighted by Crippen LogP contribution is -2.19. The van der Waals surface area contributed by atoms with Crippen molar-refractivity contribution in [3.63, 3.8) is 0 Å². The second-order valence-electron chi connectivity index (χ2n) is 6.74. The van der Waals surface area contributed by atoms with Gasteiger partial charge in [-0.15, -0.1) is 0 Å². The topological polar surface area (TPSA) is 88.5 Å². The Bertz CT molecular complexity index is 1000. The highest BCUT2D eigenvalue weighted by Crippen LogP contribution is 2.29. The van der Waals surface area contributed by atoms with E-state index in [1.54, 1.807) is 11.5 Å². The number of ether oxygens (including phenoxy) is 1. The molecule has 0 saturated heterocycles. The predicted molar refractivity (Wildman–Crippen MR) is 109 cm³/mol. The molecule has 6 heteroatoms. The van der Waals surface area contributed by atoms with Crippen LogP contribution in [0.4, 0.5) is 0 Å². The lowest BCUT2D eigenvalue weighted by Gasteiger charge is -2.15. The zero-order chi connectivity index (χ0) is 20.8. The summed E-state index contributed by atoms with van der Waals surface area (Å²) in [5, 5.41) is 8.83. The summed E-state index contributed by atoms with van der Waals surface area (Å²) < 4.78 is 5.27. The summed E-state index contributed by atoms with van der Waals surface area (Å²) >= 11 is 0. The van der Waals surface area contributed by atoms with Gasteiger partial charge in [0.1, 0.15) is 0 Å². The minimum Gasteiger partial charge on any atom is -0.481 e. The molecule has 1 heterocycles. The van der Waals surface area contributed by atoms with E-state index in [-0.39, 0.29) is 23.7 Å². The van der Waals surface area contributed by atoms with E-state index in [4.69, 9.17) is 9.94 Å². The highest BCUT2D eigenvalue weighted by atomic mass is 16.5. The van der Waals surface area contributed by atoms with Crippen LogP contribution in [-0.2, 0) is 0 Å². The molecule has 2 N–H and O–H groups in total. The smallest absolute Gasteiger partial charge is 0.276 e. The van der Waals surface area contributed by atoms with Crippen molar-refractivity contribution in [1.29, 1.82) is 0 Å². The van der Waals surface area contributed by atoms with Crippen LogP contribution in [0.1, 0.15) is 45.5 Å². The van der Waals surface area contributed by atoms with Crippen molar-refractivity contribution in [3.05, 3.63) is 83.6 Å². The van der Waals surface area contributed by atoms with Gasteiger partial charge < -0.3 is 4.74 Å². The Labute approximate surface area is 169 Å². The number of hydrogen-bond donors (Lipinski definition) is 2. The van der Waals surface area contributed by atoms with Crippen LogP contribution in [0.3, 0.4) is 0 Å². The molecule has 1 atom stereocenters. The van der Waals surface area contributed by atoms with Gasteiger partial charge in [0.25, 0.3) is 5.91 Å². The quantitative estimate of drug-likeness (QED) is 0.358. The van der Waals surface area contributed by atoms with E-state index in [1.165, 1.54) is 13.3 Å². The Morgan fingerprint density at radius 1 is 1.03 bits per heavy atom. The number of pyridine rings is 1. The molecule has 3 rings (SSSR count). The first-order valence-electron chi connectivity index (χ1n) is 9.20. The van der Waals surface area contributed by atoms with E-state index in [2.05, 4.69) is 4.98 Å². The summed E-state index contributed by atoms with van der Waals surface area (Å²) in [5.41, 5.74) is 5.16. The third kappa shape index (κ3) is 4.67. The number of aromatic nitrogens is 1. The second kappa shape index (κ2) is 9.12. The third-order valence-corrected chi connectivity index (χ3v) is 4.77. The maximum Gasteiger partial charge on any atom is 0.276 e. The van der Waals surface area contributed by atoms with Crippen LogP contribution in [0.5, 0.6) is 5.88 Å². The number of amides is 1. The number of hydrogen-bond acceptors (Lipinski definition) is 5. The van der Waals surface area contributed by atoms with Crippen molar-refractivity contribution in [3.8, 4) is 17.0 Å². The Hall–Kier alpha value is -3.51. The lowest BCUT2D eigenvalue weighted by atomic mass is 9.92. The number of carbonyl (C=O) groups is 2. The number of hydroxylamine groups is 1. The zero-order valence-corrected chi connectivity index (χ0v) is 16.3. The van der Waals surface area contributed by atoms with E-state index < -0.39 is 5.91 Å². The Balaban J connectivity index is 1.77. The van der Waals surface area contributed by atoms with Crippen molar-refractivity contribution in [1.82, 2.24) is 10.5 Å². The summed E-state index contributed by atoms with van der Waals surface area (Å²) in [7, 11) is 1.48. The molecule has 29 heavy (non-hydrogen) atoms. The van der Waals surface area contributed by atoms with Gasteiger partial charge in [0.05, 0.1) is 12.7 Å². The van der Waals surface area contributed by atoms with Crippen molar-refractivity contribution in [2.45, 2.75) is 19.3 Å². The second-order valence-corrected chi connectivity index (χ2v) is 6.74.